The Morgan fingerprint density at radius 2 is 1.96 bits per heavy atom. The molecule has 0 aliphatic heterocycles. The molecule has 5 heteroatoms. The Hall–Kier alpha value is -2.37. The predicted molar refractivity (Wildman–Crippen MR) is 87.0 cm³/mol. The summed E-state index contributed by atoms with van der Waals surface area (Å²) in [6.45, 7) is 0.349. The molecule has 0 saturated heterocycles. The number of hydrogen-bond acceptors (Lipinski definition) is 4. The number of nitrogens with two attached hydrogens (primary N) is 2. The zero-order chi connectivity index (χ0) is 16.4. The van der Waals surface area contributed by atoms with Crippen LogP contribution in [0, 0.1) is 0 Å². The molecule has 0 aromatic heterocycles. The number of ether oxygens (including phenoxy) is 1. The Morgan fingerprint density at radius 1 is 1.22 bits per heavy atom. The lowest BCUT2D eigenvalue weighted by Crippen LogP contribution is -2.34. The fourth-order valence-corrected chi connectivity index (χ4v) is 3.01. The van der Waals surface area contributed by atoms with Crippen molar-refractivity contribution in [1.82, 2.24) is 0 Å². The molecule has 5 N–H and O–H groups in total. The average molecular weight is 312 g/mol. The lowest BCUT2D eigenvalue weighted by atomic mass is 9.83. The number of amides is 1. The van der Waals surface area contributed by atoms with Gasteiger partial charge in [0.05, 0.1) is 11.7 Å². The van der Waals surface area contributed by atoms with Gasteiger partial charge in [0.2, 0.25) is 0 Å². The number of carbonyl (C=O) groups is 1. The van der Waals surface area contributed by atoms with Gasteiger partial charge in [0.1, 0.15) is 12.4 Å². The molecule has 0 spiro atoms. The van der Waals surface area contributed by atoms with Gasteiger partial charge in [0, 0.05) is 6.04 Å². The van der Waals surface area contributed by atoms with Crippen molar-refractivity contribution in [2.24, 2.45) is 11.5 Å². The van der Waals surface area contributed by atoms with Crippen molar-refractivity contribution in [2.45, 2.75) is 31.6 Å². The molecule has 2 aromatic rings. The quantitative estimate of drug-likeness (QED) is 0.799. The van der Waals surface area contributed by atoms with Crippen molar-refractivity contribution in [2.75, 3.05) is 0 Å². The fraction of sp³-hybridized carbons (Fsp3) is 0.278. The third kappa shape index (κ3) is 3.06. The van der Waals surface area contributed by atoms with Gasteiger partial charge in [-0.15, -0.1) is 0 Å². The Kier molecular flexibility index (Phi) is 4.32. The monoisotopic (exact) mass is 312 g/mol. The van der Waals surface area contributed by atoms with E-state index in [4.69, 9.17) is 16.2 Å². The van der Waals surface area contributed by atoms with Gasteiger partial charge >= 0.3 is 0 Å². The molecule has 0 unspecified atom stereocenters. The number of hydrogen-bond donors (Lipinski definition) is 3. The molecule has 0 heterocycles. The van der Waals surface area contributed by atoms with Crippen molar-refractivity contribution >= 4 is 5.91 Å². The van der Waals surface area contributed by atoms with Crippen LogP contribution in [0.1, 0.15) is 39.6 Å². The van der Waals surface area contributed by atoms with Gasteiger partial charge in [-0.3, -0.25) is 4.79 Å². The molecule has 1 aliphatic rings. The summed E-state index contributed by atoms with van der Waals surface area (Å²) in [4.78, 5) is 11.9. The van der Waals surface area contributed by atoms with Crippen molar-refractivity contribution < 1.29 is 14.6 Å². The van der Waals surface area contributed by atoms with Crippen LogP contribution >= 0.6 is 0 Å². The van der Waals surface area contributed by atoms with Crippen molar-refractivity contribution in [3.63, 3.8) is 0 Å². The Balaban J connectivity index is 1.93. The van der Waals surface area contributed by atoms with E-state index in [1.54, 1.807) is 12.1 Å². The third-order valence-electron chi connectivity index (χ3n) is 4.25. The number of rotatable bonds is 4. The maximum Gasteiger partial charge on any atom is 0.252 e. The minimum Gasteiger partial charge on any atom is -0.488 e. The van der Waals surface area contributed by atoms with Crippen molar-refractivity contribution in [3.8, 4) is 5.75 Å². The molecule has 2 aromatic carbocycles. The van der Waals surface area contributed by atoms with Crippen LogP contribution in [0.4, 0.5) is 0 Å². The number of benzene rings is 2. The number of primary amides is 1. The van der Waals surface area contributed by atoms with Gasteiger partial charge in [-0.1, -0.05) is 36.4 Å². The Labute approximate surface area is 134 Å². The normalized spacial score (nSPS) is 19.9. The van der Waals surface area contributed by atoms with Crippen molar-refractivity contribution in [3.05, 3.63) is 64.7 Å². The molecule has 1 aliphatic carbocycles. The Bertz CT molecular complexity index is 716. The van der Waals surface area contributed by atoms with Crippen LogP contribution in [0.2, 0.25) is 0 Å². The second-order valence-electron chi connectivity index (χ2n) is 5.79. The van der Waals surface area contributed by atoms with Crippen LogP contribution in [0.25, 0.3) is 0 Å². The van der Waals surface area contributed by atoms with E-state index in [-0.39, 0.29) is 6.04 Å². The van der Waals surface area contributed by atoms with Crippen LogP contribution in [0.5, 0.6) is 5.75 Å². The van der Waals surface area contributed by atoms with E-state index in [0.717, 1.165) is 11.1 Å². The minimum absolute atomic E-state index is 0.320. The SMILES string of the molecule is NC(=O)c1c(OCc2ccccc2)ccc2c1CC[C@@H](N)[C@@H]2O. The molecule has 0 radical (unpaired) electrons. The van der Waals surface area contributed by atoms with Crippen LogP contribution < -0.4 is 16.2 Å². The Morgan fingerprint density at radius 3 is 2.65 bits per heavy atom. The lowest BCUT2D eigenvalue weighted by Gasteiger charge is -2.29. The zero-order valence-corrected chi connectivity index (χ0v) is 12.7. The number of fused-ring (bicyclic) bond motifs is 1. The molecule has 120 valence electrons. The third-order valence-corrected chi connectivity index (χ3v) is 4.25. The molecule has 1 amide bonds. The molecule has 0 fully saturated rings. The summed E-state index contributed by atoms with van der Waals surface area (Å²) in [7, 11) is 0. The highest BCUT2D eigenvalue weighted by atomic mass is 16.5. The standard InChI is InChI=1S/C18H20N2O3/c19-14-8-6-12-13(17(14)21)7-9-15(16(12)18(20)22)23-10-11-4-2-1-3-5-11/h1-5,7,9,14,17,21H,6,8,10,19H2,(H2,20,22)/t14-,17-/m1/s1. The molecule has 2 atom stereocenters. The van der Waals surface area contributed by atoms with Crippen LogP contribution in [0.15, 0.2) is 42.5 Å². The smallest absolute Gasteiger partial charge is 0.252 e. The fourth-order valence-electron chi connectivity index (χ4n) is 3.01. The topological polar surface area (TPSA) is 98.6 Å². The predicted octanol–water partition coefficient (Wildman–Crippen LogP) is 1.67. The first-order valence-electron chi connectivity index (χ1n) is 7.64. The van der Waals surface area contributed by atoms with E-state index in [2.05, 4.69) is 0 Å². The first-order valence-corrected chi connectivity index (χ1v) is 7.64. The summed E-state index contributed by atoms with van der Waals surface area (Å²) in [5.41, 5.74) is 14.2. The summed E-state index contributed by atoms with van der Waals surface area (Å²) in [6, 6.07) is 12.8. The van der Waals surface area contributed by atoms with E-state index >= 15 is 0 Å². The number of carbonyl (C=O) groups excluding carboxylic acids is 1. The van der Waals surface area contributed by atoms with Crippen LogP contribution in [-0.4, -0.2) is 17.1 Å². The van der Waals surface area contributed by atoms with Gasteiger partial charge in [-0.2, -0.15) is 0 Å². The molecular weight excluding hydrogens is 292 g/mol. The van der Waals surface area contributed by atoms with Gasteiger partial charge < -0.3 is 21.3 Å². The zero-order valence-electron chi connectivity index (χ0n) is 12.7. The van der Waals surface area contributed by atoms with Crippen molar-refractivity contribution in [1.29, 1.82) is 0 Å². The van der Waals surface area contributed by atoms with Crippen LogP contribution in [-0.2, 0) is 13.0 Å². The van der Waals surface area contributed by atoms with E-state index in [9.17, 15) is 9.90 Å². The molecule has 0 saturated carbocycles. The van der Waals surface area contributed by atoms with Crippen LogP contribution in [0.3, 0.4) is 0 Å². The van der Waals surface area contributed by atoms with Gasteiger partial charge in [0.25, 0.3) is 5.91 Å². The van der Waals surface area contributed by atoms with E-state index in [1.807, 2.05) is 30.3 Å². The second-order valence-corrected chi connectivity index (χ2v) is 5.79. The summed E-state index contributed by atoms with van der Waals surface area (Å²) in [5.74, 6) is -0.102. The summed E-state index contributed by atoms with van der Waals surface area (Å²) >= 11 is 0. The molecular formula is C18H20N2O3. The average Bonchev–Trinajstić information content (AvgIpc) is 2.56. The van der Waals surface area contributed by atoms with E-state index in [0.29, 0.717) is 36.3 Å². The second kappa shape index (κ2) is 6.40. The number of aliphatic hydroxyl groups excluding tert-OH is 1. The maximum atomic E-state index is 11.9. The first-order chi connectivity index (χ1) is 11.1. The van der Waals surface area contributed by atoms with Gasteiger partial charge in [-0.25, -0.2) is 0 Å². The molecule has 3 rings (SSSR count). The molecule has 0 bridgehead atoms. The number of aliphatic hydroxyl groups is 1. The van der Waals surface area contributed by atoms with Gasteiger partial charge in [-0.05, 0) is 35.6 Å². The lowest BCUT2D eigenvalue weighted by molar-refractivity contribution is 0.0991. The highest BCUT2D eigenvalue weighted by molar-refractivity contribution is 5.97. The molecule has 23 heavy (non-hydrogen) atoms. The summed E-state index contributed by atoms with van der Waals surface area (Å²) in [5, 5.41) is 10.2. The highest BCUT2D eigenvalue weighted by Crippen LogP contribution is 2.35. The van der Waals surface area contributed by atoms with Gasteiger partial charge in [0.15, 0.2) is 0 Å². The highest BCUT2D eigenvalue weighted by Gasteiger charge is 2.29. The first kappa shape index (κ1) is 15.5. The maximum absolute atomic E-state index is 11.9. The minimum atomic E-state index is -0.778. The van der Waals surface area contributed by atoms with E-state index < -0.39 is 12.0 Å². The largest absolute Gasteiger partial charge is 0.488 e. The summed E-state index contributed by atoms with van der Waals surface area (Å²) in [6.07, 6.45) is 0.435. The summed E-state index contributed by atoms with van der Waals surface area (Å²) < 4.78 is 5.80. The van der Waals surface area contributed by atoms with E-state index in [1.165, 1.54) is 0 Å². The molecule has 5 nitrogen and oxygen atoms in total.